The number of rotatable bonds is 2. The van der Waals surface area contributed by atoms with Crippen molar-refractivity contribution in [3.63, 3.8) is 0 Å². The highest BCUT2D eigenvalue weighted by Gasteiger charge is 2.12. The number of hydrogen-bond donors (Lipinski definition) is 1. The summed E-state index contributed by atoms with van der Waals surface area (Å²) in [5, 5.41) is 1.71. The molecule has 0 aliphatic carbocycles. The van der Waals surface area contributed by atoms with Gasteiger partial charge in [0.05, 0.1) is 27.6 Å². The van der Waals surface area contributed by atoms with E-state index >= 15 is 0 Å². The lowest BCUT2D eigenvalue weighted by atomic mass is 10.3. The molecule has 0 saturated heterocycles. The summed E-state index contributed by atoms with van der Waals surface area (Å²) in [5.41, 5.74) is 7.65. The van der Waals surface area contributed by atoms with Crippen LogP contribution < -0.4 is 5.73 Å². The van der Waals surface area contributed by atoms with Crippen molar-refractivity contribution >= 4 is 39.9 Å². The van der Waals surface area contributed by atoms with Crippen LogP contribution in [0, 0.1) is 6.92 Å². The lowest BCUT2D eigenvalue weighted by molar-refractivity contribution is 0.850. The summed E-state index contributed by atoms with van der Waals surface area (Å²) in [6.45, 7) is 2.63. The van der Waals surface area contributed by atoms with Gasteiger partial charge in [-0.1, -0.05) is 17.7 Å². The summed E-state index contributed by atoms with van der Waals surface area (Å²) >= 11 is 7.87. The lowest BCUT2D eigenvalue weighted by Gasteiger charge is -2.05. The molecule has 3 aromatic rings. The smallest absolute Gasteiger partial charge is 0.201 e. The number of nitrogen functional groups attached to an aromatic ring is 1. The van der Waals surface area contributed by atoms with Crippen molar-refractivity contribution in [1.82, 2.24) is 14.5 Å². The maximum absolute atomic E-state index is 6.22. The summed E-state index contributed by atoms with van der Waals surface area (Å²) in [7, 11) is 0. The Morgan fingerprint density at radius 3 is 3.00 bits per heavy atom. The molecule has 0 unspecified atom stereocenters. The molecule has 0 aliphatic rings. The molecular weight excluding hydrogens is 268 g/mol. The van der Waals surface area contributed by atoms with Gasteiger partial charge >= 0.3 is 0 Å². The van der Waals surface area contributed by atoms with Gasteiger partial charge in [-0.15, -0.1) is 11.3 Å². The zero-order valence-corrected chi connectivity index (χ0v) is 11.3. The molecule has 18 heavy (non-hydrogen) atoms. The van der Waals surface area contributed by atoms with Gasteiger partial charge in [-0.05, 0) is 19.1 Å². The summed E-state index contributed by atoms with van der Waals surface area (Å²) in [6.07, 6.45) is 1.86. The van der Waals surface area contributed by atoms with E-state index in [9.17, 15) is 0 Å². The van der Waals surface area contributed by atoms with Gasteiger partial charge in [0.1, 0.15) is 0 Å². The van der Waals surface area contributed by atoms with Crippen molar-refractivity contribution in [2.75, 3.05) is 5.73 Å². The van der Waals surface area contributed by atoms with Crippen molar-refractivity contribution in [3.8, 4) is 0 Å². The molecule has 0 saturated carbocycles. The second kappa shape index (κ2) is 4.26. The number of nitrogens with two attached hydrogens (primary N) is 1. The Morgan fingerprint density at radius 1 is 1.44 bits per heavy atom. The Kier molecular flexibility index (Phi) is 2.72. The summed E-state index contributed by atoms with van der Waals surface area (Å²) in [6, 6.07) is 5.63. The molecular formula is C12H11ClN4S. The van der Waals surface area contributed by atoms with E-state index in [2.05, 4.69) is 9.97 Å². The molecule has 4 nitrogen and oxygen atoms in total. The van der Waals surface area contributed by atoms with Crippen molar-refractivity contribution in [2.45, 2.75) is 13.5 Å². The van der Waals surface area contributed by atoms with Gasteiger partial charge in [-0.3, -0.25) is 0 Å². The molecule has 2 heterocycles. The highest BCUT2D eigenvalue weighted by Crippen LogP contribution is 2.27. The first-order valence-electron chi connectivity index (χ1n) is 5.46. The molecule has 3 rings (SSSR count). The number of imidazole rings is 1. The lowest BCUT2D eigenvalue weighted by Crippen LogP contribution is -2.03. The van der Waals surface area contributed by atoms with Gasteiger partial charge in [-0.25, -0.2) is 9.97 Å². The van der Waals surface area contributed by atoms with Crippen LogP contribution in [0.3, 0.4) is 0 Å². The molecule has 0 atom stereocenters. The van der Waals surface area contributed by atoms with E-state index in [1.807, 2.05) is 35.9 Å². The van der Waals surface area contributed by atoms with Crippen LogP contribution in [0.5, 0.6) is 0 Å². The normalized spacial score (nSPS) is 11.2. The fourth-order valence-electron chi connectivity index (χ4n) is 1.95. The highest BCUT2D eigenvalue weighted by atomic mass is 35.5. The molecule has 0 bridgehead atoms. The van der Waals surface area contributed by atoms with E-state index in [0.717, 1.165) is 20.9 Å². The topological polar surface area (TPSA) is 56.7 Å². The maximum Gasteiger partial charge on any atom is 0.201 e. The quantitative estimate of drug-likeness (QED) is 0.784. The summed E-state index contributed by atoms with van der Waals surface area (Å²) < 4.78 is 1.92. The number of aromatic nitrogens is 3. The fraction of sp³-hybridized carbons (Fsp3) is 0.167. The first-order valence-corrected chi connectivity index (χ1v) is 6.66. The number of aryl methyl sites for hydroxylation is 1. The van der Waals surface area contributed by atoms with Crippen LogP contribution in [0.2, 0.25) is 5.02 Å². The largest absolute Gasteiger partial charge is 0.369 e. The predicted molar refractivity (Wildman–Crippen MR) is 75.1 cm³/mol. The average molecular weight is 279 g/mol. The molecule has 0 spiro atoms. The minimum absolute atomic E-state index is 0.476. The van der Waals surface area contributed by atoms with E-state index in [-0.39, 0.29) is 0 Å². The van der Waals surface area contributed by atoms with E-state index in [1.165, 1.54) is 0 Å². The number of hydrogen-bond acceptors (Lipinski definition) is 4. The molecule has 6 heteroatoms. The average Bonchev–Trinajstić information content (AvgIpc) is 2.85. The Labute approximate surface area is 113 Å². The third kappa shape index (κ3) is 1.85. The SMILES string of the molecule is Cc1ncc(Cn2c(N)nc3cccc(Cl)c32)s1. The van der Waals surface area contributed by atoms with Crippen LogP contribution in [0.1, 0.15) is 9.88 Å². The van der Waals surface area contributed by atoms with Crippen LogP contribution in [-0.4, -0.2) is 14.5 Å². The van der Waals surface area contributed by atoms with Crippen LogP contribution in [0.4, 0.5) is 5.95 Å². The molecule has 0 amide bonds. The molecule has 92 valence electrons. The maximum atomic E-state index is 6.22. The molecule has 1 aromatic carbocycles. The zero-order chi connectivity index (χ0) is 12.7. The highest BCUT2D eigenvalue weighted by molar-refractivity contribution is 7.11. The molecule has 0 fully saturated rings. The van der Waals surface area contributed by atoms with Crippen LogP contribution >= 0.6 is 22.9 Å². The number of anilines is 1. The second-order valence-corrected chi connectivity index (χ2v) is 5.74. The van der Waals surface area contributed by atoms with Gasteiger partial charge in [0.25, 0.3) is 0 Å². The Hall–Kier alpha value is -1.59. The minimum Gasteiger partial charge on any atom is -0.369 e. The van der Waals surface area contributed by atoms with Crippen molar-refractivity contribution in [1.29, 1.82) is 0 Å². The number of benzene rings is 1. The number of halogens is 1. The Balaban J connectivity index is 2.13. The van der Waals surface area contributed by atoms with Crippen LogP contribution in [0.25, 0.3) is 11.0 Å². The van der Waals surface area contributed by atoms with Gasteiger partial charge in [-0.2, -0.15) is 0 Å². The molecule has 0 radical (unpaired) electrons. The monoisotopic (exact) mass is 278 g/mol. The van der Waals surface area contributed by atoms with Gasteiger partial charge in [0.15, 0.2) is 0 Å². The van der Waals surface area contributed by atoms with Gasteiger partial charge in [0.2, 0.25) is 5.95 Å². The Bertz CT molecular complexity index is 716. The van der Waals surface area contributed by atoms with E-state index in [4.69, 9.17) is 17.3 Å². The van der Waals surface area contributed by atoms with Crippen molar-refractivity contribution in [2.24, 2.45) is 0 Å². The third-order valence-corrected chi connectivity index (χ3v) is 3.93. The van der Waals surface area contributed by atoms with E-state index < -0.39 is 0 Å². The third-order valence-electron chi connectivity index (χ3n) is 2.73. The molecule has 2 N–H and O–H groups in total. The van der Waals surface area contributed by atoms with Crippen LogP contribution in [-0.2, 0) is 6.54 Å². The standard InChI is InChI=1S/C12H11ClN4S/c1-7-15-5-8(18-7)6-17-11-9(13)3-2-4-10(11)16-12(17)14/h2-5H,6H2,1H3,(H2,14,16). The first-order chi connectivity index (χ1) is 8.65. The summed E-state index contributed by atoms with van der Waals surface area (Å²) in [4.78, 5) is 9.70. The fourth-order valence-corrected chi connectivity index (χ4v) is 3.01. The van der Waals surface area contributed by atoms with Gasteiger partial charge < -0.3 is 10.3 Å². The van der Waals surface area contributed by atoms with E-state index in [1.54, 1.807) is 11.3 Å². The number of fused-ring (bicyclic) bond motifs is 1. The molecule has 0 aliphatic heterocycles. The molecule has 2 aromatic heterocycles. The number of nitrogens with zero attached hydrogens (tertiary/aromatic N) is 3. The van der Waals surface area contributed by atoms with E-state index in [0.29, 0.717) is 17.5 Å². The zero-order valence-electron chi connectivity index (χ0n) is 9.72. The van der Waals surface area contributed by atoms with Gasteiger partial charge in [0, 0.05) is 11.1 Å². The second-order valence-electron chi connectivity index (χ2n) is 4.01. The number of para-hydroxylation sites is 1. The number of thiazole rings is 1. The van der Waals surface area contributed by atoms with Crippen molar-refractivity contribution < 1.29 is 0 Å². The summed E-state index contributed by atoms with van der Waals surface area (Å²) in [5.74, 6) is 0.476. The predicted octanol–water partition coefficient (Wildman–Crippen LogP) is 3.09. The minimum atomic E-state index is 0.476. The Morgan fingerprint density at radius 2 is 2.28 bits per heavy atom. The van der Waals surface area contributed by atoms with Crippen LogP contribution in [0.15, 0.2) is 24.4 Å². The first kappa shape index (κ1) is 11.5. The van der Waals surface area contributed by atoms with Crippen molar-refractivity contribution in [3.05, 3.63) is 39.3 Å².